The molecule has 0 radical (unpaired) electrons. The van der Waals surface area contributed by atoms with Crippen LogP contribution < -0.4 is 25.4 Å². The number of ether oxygens (including phenoxy) is 4. The van der Waals surface area contributed by atoms with Crippen molar-refractivity contribution in [3.8, 4) is 21.5 Å². The van der Waals surface area contributed by atoms with Crippen LogP contribution in [0, 0.1) is 41.5 Å². The lowest BCUT2D eigenvalue weighted by atomic mass is 9.99. The van der Waals surface area contributed by atoms with E-state index in [1.807, 2.05) is 78.4 Å². The number of carboxylic acids is 1. The highest BCUT2D eigenvalue weighted by atomic mass is 35.5. The van der Waals surface area contributed by atoms with Gasteiger partial charge in [0.15, 0.2) is 11.6 Å². The number of amides is 9. The van der Waals surface area contributed by atoms with Gasteiger partial charge in [0, 0.05) is 68.0 Å². The molecule has 2 fully saturated rings. The van der Waals surface area contributed by atoms with Gasteiger partial charge in [-0.25, -0.2) is 0 Å². The van der Waals surface area contributed by atoms with Crippen molar-refractivity contribution in [2.45, 2.75) is 132 Å². The van der Waals surface area contributed by atoms with Crippen LogP contribution in [0.4, 0.5) is 0 Å². The Morgan fingerprint density at radius 3 is 1.37 bits per heavy atom. The van der Waals surface area contributed by atoms with Crippen molar-refractivity contribution in [3.63, 3.8) is 0 Å². The van der Waals surface area contributed by atoms with Crippen LogP contribution in [0.2, 0.25) is 10.0 Å². The quantitative estimate of drug-likeness (QED) is 0.0383. The number of carbonyl (C=O) groups excluding carboxylic acids is 9. The van der Waals surface area contributed by atoms with Crippen molar-refractivity contribution in [2.24, 2.45) is 9.98 Å². The third-order valence-corrected chi connectivity index (χ3v) is 21.1. The highest BCUT2D eigenvalue weighted by Crippen LogP contribution is 2.43. The fraction of sp³-hybridized carbons (Fsp3) is 0.360. The number of piperidine rings is 2. The lowest BCUT2D eigenvalue weighted by Gasteiger charge is -2.27. The summed E-state index contributed by atoms with van der Waals surface area (Å²) in [7, 11) is 0. The number of hydrogen-bond acceptors (Lipinski definition) is 22. The molecule has 0 saturated carbocycles. The first kappa shape index (κ1) is 79.1. The molecule has 14 rings (SSSR count). The number of carboxylic acid groups (broad SMARTS) is 1. The van der Waals surface area contributed by atoms with E-state index in [2.05, 4.69) is 64.0 Å². The number of aryl methyl sites for hydroxylation is 4. The van der Waals surface area contributed by atoms with Crippen LogP contribution >= 0.6 is 45.9 Å². The van der Waals surface area contributed by atoms with E-state index in [1.165, 1.54) is 17.0 Å². The number of hydrogen-bond donors (Lipinski definition) is 4. The van der Waals surface area contributed by atoms with Crippen LogP contribution in [0.15, 0.2) is 94.9 Å². The maximum atomic E-state index is 13.3. The van der Waals surface area contributed by atoms with E-state index in [0.717, 1.165) is 81.7 Å². The van der Waals surface area contributed by atoms with E-state index < -0.39 is 77.4 Å². The second kappa shape index (κ2) is 33.9. The standard InChI is InChI=1S/C36H34ClN7O7S.C19H17ClN4O2S.C18H20N2O6.2CH4/c1-18-19(2)52-36-29(18)31(21-7-9-22(37)10-8-21)39-24(32-42-41-20(3)43(32)36)17-28(46)38-13-14-50-15-16-51-26-6-4-5-23-30(26)35(49)44(34(23)48)25-11-12-27(45)40-33(25)47;1-9-10(2)27-19-16(9)17(12-4-6-13(20)7-5-12)21-14(8-15(25)26)18-23-22-11(3)24(18)19;1-2-8-25-9-10-26-13-5-3-4-11-15(13)18(24)20(17(11)23)12-6-7-14(21)19-16(12)22;;/h4-10,24-25H,11-17H2,1-3H3,(H,38,46)(H,40,45,47);4-7,14H,8H2,1-3H3,(H,25,26);3-5,12H,2,6-10H2,1H3,(H,19,21,22);2*1H4/t24-,25?;14-;;;/m00.../s1. The van der Waals surface area contributed by atoms with Gasteiger partial charge < -0.3 is 29.4 Å². The average molecular weight is 1540 g/mol. The SMILES string of the molecule is C.C.CCCOCCOc1cccc2c1C(=O)N(C1CCC(=O)NC1=O)C2=O.Cc1sc2c(c1C)C(c1ccc(Cl)cc1)=N[C@@H](CC(=O)NCCOCCOc1cccc3c1C(=O)N(C1CCC(=O)NC1=O)C3=O)c1nnc(C)n1-2.Cc1sc2c(c1C)C(c1ccc(Cl)cc1)=N[C@@H](CC(=O)O)c1nnc(C)n1-2. The van der Waals surface area contributed by atoms with Crippen LogP contribution in [0.25, 0.3) is 10.0 Å². The Labute approximate surface area is 633 Å². The molecule has 4 atom stereocenters. The topological polar surface area (TPSA) is 357 Å². The monoisotopic (exact) mass is 1540 g/mol. The number of aliphatic imine (C=N–C) groups is 2. The Balaban J connectivity index is 0.000000187. The summed E-state index contributed by atoms with van der Waals surface area (Å²) in [5, 5.41) is 37.1. The van der Waals surface area contributed by atoms with E-state index in [1.54, 1.807) is 46.9 Å². The molecule has 4 aromatic carbocycles. The predicted octanol–water partition coefficient (Wildman–Crippen LogP) is 10.2. The molecule has 0 spiro atoms. The number of halogens is 2. The van der Waals surface area contributed by atoms with Crippen LogP contribution in [0.5, 0.6) is 11.5 Å². The van der Waals surface area contributed by atoms with Gasteiger partial charge in [0.05, 0.1) is 66.3 Å². The first-order valence-electron chi connectivity index (χ1n) is 33.8. The van der Waals surface area contributed by atoms with Crippen molar-refractivity contribution in [1.82, 2.24) is 55.3 Å². The van der Waals surface area contributed by atoms with Gasteiger partial charge in [-0.15, -0.1) is 43.1 Å². The van der Waals surface area contributed by atoms with Gasteiger partial charge in [-0.1, -0.05) is 81.4 Å². The summed E-state index contributed by atoms with van der Waals surface area (Å²) in [4.78, 5) is 138. The van der Waals surface area contributed by atoms with Crippen molar-refractivity contribution in [2.75, 3.05) is 46.2 Å². The molecule has 28 nitrogen and oxygen atoms in total. The van der Waals surface area contributed by atoms with E-state index >= 15 is 0 Å². The number of rotatable bonds is 21. The second-order valence-corrected chi connectivity index (χ2v) is 28.4. The highest BCUT2D eigenvalue weighted by Gasteiger charge is 2.48. The molecule has 32 heteroatoms. The molecule has 6 aliphatic heterocycles. The molecule has 8 aromatic rings. The molecule has 9 amide bonds. The van der Waals surface area contributed by atoms with Gasteiger partial charge in [-0.05, 0) is 120 Å². The zero-order valence-electron chi connectivity index (χ0n) is 58.0. The Kier molecular flexibility index (Phi) is 25.1. The Hall–Kier alpha value is -10.5. The number of nitrogens with one attached hydrogen (secondary N) is 3. The number of fused-ring (bicyclic) bond motifs is 8. The minimum atomic E-state index is -1.07. The molecule has 0 bridgehead atoms. The van der Waals surface area contributed by atoms with Gasteiger partial charge >= 0.3 is 5.97 Å². The minimum Gasteiger partial charge on any atom is -0.490 e. The fourth-order valence-electron chi connectivity index (χ4n) is 12.9. The Morgan fingerprint density at radius 2 is 0.963 bits per heavy atom. The van der Waals surface area contributed by atoms with Crippen LogP contribution in [-0.4, -0.2) is 173 Å². The second-order valence-electron chi connectivity index (χ2n) is 25.1. The van der Waals surface area contributed by atoms with E-state index in [-0.39, 0.29) is 126 Å². The van der Waals surface area contributed by atoms with Crippen LogP contribution in [-0.2, 0) is 38.2 Å². The number of thiophene rings is 2. The number of imide groups is 4. The van der Waals surface area contributed by atoms with Crippen LogP contribution in [0.1, 0.15) is 187 Å². The summed E-state index contributed by atoms with van der Waals surface area (Å²) >= 11 is 15.5. The van der Waals surface area contributed by atoms with Gasteiger partial charge in [0.1, 0.15) is 70.5 Å². The molecule has 2 saturated heterocycles. The zero-order chi connectivity index (χ0) is 74.7. The maximum absolute atomic E-state index is 13.3. The average Bonchev–Trinajstić information content (AvgIpc) is 1.62. The van der Waals surface area contributed by atoms with Crippen molar-refractivity contribution >= 4 is 116 Å². The summed E-state index contributed by atoms with van der Waals surface area (Å²) < 4.78 is 26.4. The molecular weight excluding hydrogens is 1460 g/mol. The molecule has 4 aromatic heterocycles. The summed E-state index contributed by atoms with van der Waals surface area (Å²) in [6, 6.07) is 21.1. The summed E-state index contributed by atoms with van der Waals surface area (Å²) in [5.74, 6) is -2.68. The fourth-order valence-corrected chi connectivity index (χ4v) is 15.6. The summed E-state index contributed by atoms with van der Waals surface area (Å²) in [5.41, 5.74) is 8.05. The normalized spacial score (nSPS) is 17.5. The third-order valence-electron chi connectivity index (χ3n) is 18.2. The van der Waals surface area contributed by atoms with E-state index in [4.69, 9.17) is 52.1 Å². The first-order valence-corrected chi connectivity index (χ1v) is 36.1. The van der Waals surface area contributed by atoms with Gasteiger partial charge in [-0.2, -0.15) is 0 Å². The zero-order valence-corrected chi connectivity index (χ0v) is 61.1. The molecular formula is C75H79Cl2N13O15S2. The van der Waals surface area contributed by atoms with Crippen molar-refractivity contribution in [1.29, 1.82) is 0 Å². The summed E-state index contributed by atoms with van der Waals surface area (Å²) in [6.45, 7) is 15.9. The van der Waals surface area contributed by atoms with Gasteiger partial charge in [0.25, 0.3) is 23.6 Å². The number of aromatic nitrogens is 6. The van der Waals surface area contributed by atoms with E-state index in [0.29, 0.717) is 40.7 Å². The van der Waals surface area contributed by atoms with E-state index in [9.17, 15) is 53.1 Å². The smallest absolute Gasteiger partial charge is 0.306 e. The molecule has 0 aliphatic carbocycles. The number of carbonyl (C=O) groups is 10. The lowest BCUT2D eigenvalue weighted by molar-refractivity contribution is -0.138. The molecule has 4 N–H and O–H groups in total. The minimum absolute atomic E-state index is 0. The summed E-state index contributed by atoms with van der Waals surface area (Å²) in [6.07, 6.45) is 1.08. The van der Waals surface area contributed by atoms with Crippen molar-refractivity contribution in [3.05, 3.63) is 184 Å². The number of nitrogens with zero attached hydrogens (tertiary/aromatic N) is 10. The Bertz CT molecular complexity index is 4910. The number of aliphatic carboxylic acids is 1. The molecule has 560 valence electrons. The number of benzene rings is 4. The molecule has 6 aliphatic rings. The molecule has 10 heterocycles. The lowest BCUT2D eigenvalue weighted by Crippen LogP contribution is -2.54. The van der Waals surface area contributed by atoms with Gasteiger partial charge in [-0.3, -0.25) is 87.5 Å². The third kappa shape index (κ3) is 16.3. The molecule has 2 unspecified atom stereocenters. The first-order chi connectivity index (χ1) is 50.4. The maximum Gasteiger partial charge on any atom is 0.306 e. The Morgan fingerprint density at radius 1 is 0.542 bits per heavy atom. The van der Waals surface area contributed by atoms with Crippen LogP contribution in [0.3, 0.4) is 0 Å². The molecule has 107 heavy (non-hydrogen) atoms. The largest absolute Gasteiger partial charge is 0.490 e. The van der Waals surface area contributed by atoms with Gasteiger partial charge in [0.2, 0.25) is 29.5 Å². The highest BCUT2D eigenvalue weighted by molar-refractivity contribution is 7.15. The van der Waals surface area contributed by atoms with Crippen molar-refractivity contribution < 1.29 is 72.0 Å². The predicted molar refractivity (Wildman–Crippen MR) is 399 cm³/mol.